The third kappa shape index (κ3) is 2.83. The predicted molar refractivity (Wildman–Crippen MR) is 66.5 cm³/mol. The summed E-state index contributed by atoms with van der Waals surface area (Å²) in [6, 6.07) is 0. The molecule has 18 heavy (non-hydrogen) atoms. The number of aryl methyl sites for hydroxylation is 1. The third-order valence-corrected chi connectivity index (χ3v) is 3.12. The van der Waals surface area contributed by atoms with Crippen LogP contribution in [0.4, 0.5) is 5.13 Å². The number of hydrogen-bond donors (Lipinski definition) is 2. The van der Waals surface area contributed by atoms with Gasteiger partial charge in [-0.3, -0.25) is 4.79 Å². The number of nitrogens with zero attached hydrogens (tertiary/aromatic N) is 3. The van der Waals surface area contributed by atoms with Crippen LogP contribution >= 0.6 is 11.3 Å². The number of aromatic nitrogens is 3. The molecule has 0 fully saturated rings. The molecule has 2 N–H and O–H groups in total. The summed E-state index contributed by atoms with van der Waals surface area (Å²) in [7, 11) is 1.72. The maximum absolute atomic E-state index is 11.7. The van der Waals surface area contributed by atoms with Crippen molar-refractivity contribution >= 4 is 22.4 Å². The molecule has 0 spiro atoms. The van der Waals surface area contributed by atoms with E-state index in [0.717, 1.165) is 12.2 Å². The molecule has 0 aliphatic rings. The van der Waals surface area contributed by atoms with E-state index in [1.807, 2.05) is 6.92 Å². The van der Waals surface area contributed by atoms with E-state index in [1.54, 1.807) is 13.2 Å². The predicted octanol–water partition coefficient (Wildman–Crippen LogP) is 1.06. The molecule has 2 heterocycles. The van der Waals surface area contributed by atoms with Gasteiger partial charge in [0.2, 0.25) is 16.0 Å². The second-order valence-corrected chi connectivity index (χ2v) is 4.40. The number of carbonyl (C=O) groups is 1. The van der Waals surface area contributed by atoms with E-state index in [-0.39, 0.29) is 12.5 Å². The molecule has 0 saturated heterocycles. The average molecular weight is 267 g/mol. The van der Waals surface area contributed by atoms with E-state index < -0.39 is 0 Å². The van der Waals surface area contributed by atoms with Crippen LogP contribution in [0.15, 0.2) is 10.6 Å². The number of carbonyl (C=O) groups excluding carboxylic acids is 1. The summed E-state index contributed by atoms with van der Waals surface area (Å²) in [5.74, 6) is 0.997. The highest BCUT2D eigenvalue weighted by atomic mass is 32.1. The maximum atomic E-state index is 11.7. The monoisotopic (exact) mass is 267 g/mol. The molecule has 2 aromatic rings. The van der Waals surface area contributed by atoms with E-state index in [2.05, 4.69) is 25.8 Å². The van der Waals surface area contributed by atoms with Gasteiger partial charge in [0.25, 0.3) is 5.91 Å². The Labute approximate surface area is 108 Å². The molecule has 8 heteroatoms. The molecule has 96 valence electrons. The second-order valence-electron chi connectivity index (χ2n) is 3.42. The summed E-state index contributed by atoms with van der Waals surface area (Å²) < 4.78 is 5.37. The van der Waals surface area contributed by atoms with Gasteiger partial charge in [-0.25, -0.2) is 4.98 Å². The summed E-state index contributed by atoms with van der Waals surface area (Å²) >= 11 is 1.19. The Balaban J connectivity index is 1.91. The van der Waals surface area contributed by atoms with Crippen LogP contribution in [0.3, 0.4) is 0 Å². The number of rotatable bonds is 5. The Morgan fingerprint density at radius 2 is 2.33 bits per heavy atom. The van der Waals surface area contributed by atoms with Crippen molar-refractivity contribution < 1.29 is 9.21 Å². The SMILES string of the molecule is CCc1cnc(CNC(=O)c2nnc(NC)s2)o1. The lowest BCUT2D eigenvalue weighted by atomic mass is 10.4. The maximum Gasteiger partial charge on any atom is 0.282 e. The van der Waals surface area contributed by atoms with Gasteiger partial charge in [0.05, 0.1) is 12.7 Å². The topological polar surface area (TPSA) is 92.9 Å². The first-order valence-electron chi connectivity index (χ1n) is 5.46. The third-order valence-electron chi connectivity index (χ3n) is 2.18. The molecule has 0 saturated carbocycles. The van der Waals surface area contributed by atoms with E-state index in [0.29, 0.717) is 16.0 Å². The number of amides is 1. The highest BCUT2D eigenvalue weighted by Gasteiger charge is 2.13. The molecule has 2 aromatic heterocycles. The van der Waals surface area contributed by atoms with Gasteiger partial charge < -0.3 is 15.1 Å². The first-order valence-corrected chi connectivity index (χ1v) is 6.27. The molecular weight excluding hydrogens is 254 g/mol. The minimum Gasteiger partial charge on any atom is -0.444 e. The number of hydrogen-bond acceptors (Lipinski definition) is 7. The van der Waals surface area contributed by atoms with Crippen molar-refractivity contribution in [1.82, 2.24) is 20.5 Å². The summed E-state index contributed by atoms with van der Waals surface area (Å²) in [4.78, 5) is 15.8. The lowest BCUT2D eigenvalue weighted by molar-refractivity contribution is 0.0946. The molecule has 0 aromatic carbocycles. The van der Waals surface area contributed by atoms with Crippen LogP contribution in [-0.2, 0) is 13.0 Å². The fraction of sp³-hybridized carbons (Fsp3) is 0.400. The Bertz CT molecular complexity index is 536. The van der Waals surface area contributed by atoms with E-state index in [9.17, 15) is 4.79 Å². The van der Waals surface area contributed by atoms with Crippen molar-refractivity contribution in [3.8, 4) is 0 Å². The molecular formula is C10H13N5O2S. The zero-order valence-corrected chi connectivity index (χ0v) is 10.9. The summed E-state index contributed by atoms with van der Waals surface area (Å²) in [6.45, 7) is 2.22. The van der Waals surface area contributed by atoms with Gasteiger partial charge in [0.1, 0.15) is 5.76 Å². The van der Waals surface area contributed by atoms with Crippen molar-refractivity contribution in [2.24, 2.45) is 0 Å². The molecule has 2 rings (SSSR count). The molecule has 7 nitrogen and oxygen atoms in total. The Morgan fingerprint density at radius 3 is 2.94 bits per heavy atom. The smallest absolute Gasteiger partial charge is 0.282 e. The normalized spacial score (nSPS) is 10.3. The molecule has 0 bridgehead atoms. The largest absolute Gasteiger partial charge is 0.444 e. The quantitative estimate of drug-likeness (QED) is 0.841. The van der Waals surface area contributed by atoms with Crippen LogP contribution < -0.4 is 10.6 Å². The van der Waals surface area contributed by atoms with Gasteiger partial charge >= 0.3 is 0 Å². The zero-order valence-electron chi connectivity index (χ0n) is 10.1. The van der Waals surface area contributed by atoms with Crippen molar-refractivity contribution in [3.63, 3.8) is 0 Å². The van der Waals surface area contributed by atoms with E-state index >= 15 is 0 Å². The van der Waals surface area contributed by atoms with Crippen molar-refractivity contribution in [1.29, 1.82) is 0 Å². The minimum absolute atomic E-state index is 0.243. The number of anilines is 1. The highest BCUT2D eigenvalue weighted by molar-refractivity contribution is 7.17. The molecule has 1 amide bonds. The molecule has 0 atom stereocenters. The van der Waals surface area contributed by atoms with Crippen molar-refractivity contribution in [2.45, 2.75) is 19.9 Å². The zero-order chi connectivity index (χ0) is 13.0. The molecule has 0 radical (unpaired) electrons. The van der Waals surface area contributed by atoms with E-state index in [4.69, 9.17) is 4.42 Å². The Kier molecular flexibility index (Phi) is 3.88. The van der Waals surface area contributed by atoms with Gasteiger partial charge in [0, 0.05) is 13.5 Å². The first-order chi connectivity index (χ1) is 8.72. The Morgan fingerprint density at radius 1 is 1.50 bits per heavy atom. The number of nitrogens with one attached hydrogen (secondary N) is 2. The lowest BCUT2D eigenvalue weighted by Crippen LogP contribution is -2.22. The number of oxazole rings is 1. The molecule has 0 unspecified atom stereocenters. The Hall–Kier alpha value is -1.96. The fourth-order valence-corrected chi connectivity index (χ4v) is 1.85. The van der Waals surface area contributed by atoms with Gasteiger partial charge in [-0.2, -0.15) is 0 Å². The standard InChI is InChI=1S/C10H13N5O2S/c1-3-6-4-12-7(17-6)5-13-8(16)9-14-15-10(11-2)18-9/h4H,3,5H2,1-2H3,(H,11,15)(H,13,16). The van der Waals surface area contributed by atoms with Crippen LogP contribution in [0.5, 0.6) is 0 Å². The van der Waals surface area contributed by atoms with E-state index in [1.165, 1.54) is 11.3 Å². The van der Waals surface area contributed by atoms with Crippen LogP contribution in [0.2, 0.25) is 0 Å². The van der Waals surface area contributed by atoms with Crippen molar-refractivity contribution in [3.05, 3.63) is 22.9 Å². The minimum atomic E-state index is -0.287. The van der Waals surface area contributed by atoms with Gasteiger partial charge in [0.15, 0.2) is 0 Å². The van der Waals surface area contributed by atoms with Gasteiger partial charge in [-0.15, -0.1) is 10.2 Å². The lowest BCUT2D eigenvalue weighted by Gasteiger charge is -1.98. The second kappa shape index (κ2) is 5.58. The van der Waals surface area contributed by atoms with Crippen molar-refractivity contribution in [2.75, 3.05) is 12.4 Å². The molecule has 0 aliphatic heterocycles. The summed E-state index contributed by atoms with van der Waals surface area (Å²) in [5, 5.41) is 14.0. The highest BCUT2D eigenvalue weighted by Crippen LogP contribution is 2.14. The fourth-order valence-electron chi connectivity index (χ4n) is 1.24. The summed E-state index contributed by atoms with van der Waals surface area (Å²) in [6.07, 6.45) is 2.44. The van der Waals surface area contributed by atoms with Crippen LogP contribution in [0.1, 0.15) is 28.4 Å². The van der Waals surface area contributed by atoms with Crippen LogP contribution in [0, 0.1) is 0 Å². The molecule has 0 aliphatic carbocycles. The van der Waals surface area contributed by atoms with Crippen LogP contribution in [0.25, 0.3) is 0 Å². The summed E-state index contributed by atoms with van der Waals surface area (Å²) in [5.41, 5.74) is 0. The average Bonchev–Trinajstić information content (AvgIpc) is 3.04. The van der Waals surface area contributed by atoms with Gasteiger partial charge in [-0.05, 0) is 0 Å². The van der Waals surface area contributed by atoms with Gasteiger partial charge in [-0.1, -0.05) is 18.3 Å². The first kappa shape index (κ1) is 12.5. The van der Waals surface area contributed by atoms with Crippen LogP contribution in [-0.4, -0.2) is 28.1 Å².